The number of hydrogen-bond acceptors (Lipinski definition) is 5. The van der Waals surface area contributed by atoms with E-state index in [1.165, 1.54) is 11.0 Å². The van der Waals surface area contributed by atoms with Gasteiger partial charge in [-0.3, -0.25) is 14.9 Å². The third-order valence-corrected chi connectivity index (χ3v) is 3.54. The van der Waals surface area contributed by atoms with E-state index >= 15 is 0 Å². The molecule has 0 atom stereocenters. The van der Waals surface area contributed by atoms with Gasteiger partial charge in [-0.05, 0) is 28.1 Å². The van der Waals surface area contributed by atoms with Gasteiger partial charge in [0.2, 0.25) is 11.8 Å². The van der Waals surface area contributed by atoms with Gasteiger partial charge in [-0.1, -0.05) is 19.1 Å². The Morgan fingerprint density at radius 3 is 2.65 bits per heavy atom. The first-order chi connectivity index (χ1) is 9.57. The van der Waals surface area contributed by atoms with Crippen LogP contribution in [0.2, 0.25) is 0 Å². The zero-order valence-corrected chi connectivity index (χ0v) is 10.9. The molecule has 1 aromatic heterocycles. The molecule has 2 amide bonds. The van der Waals surface area contributed by atoms with Crippen LogP contribution in [0.5, 0.6) is 0 Å². The summed E-state index contributed by atoms with van der Waals surface area (Å²) in [7, 11) is 0. The smallest absolute Gasteiger partial charge is 0.227 e. The zero-order chi connectivity index (χ0) is 14.2. The average Bonchev–Trinajstić information content (AvgIpc) is 2.91. The minimum absolute atomic E-state index is 0.239. The van der Waals surface area contributed by atoms with Gasteiger partial charge < -0.3 is 0 Å². The summed E-state index contributed by atoms with van der Waals surface area (Å²) in [5, 5.41) is 13.4. The molecule has 0 spiro atoms. The van der Waals surface area contributed by atoms with Crippen LogP contribution in [0.4, 0.5) is 0 Å². The molecule has 3 rings (SSSR count). The number of amides is 2. The predicted molar refractivity (Wildman–Crippen MR) is 68.9 cm³/mol. The molecule has 1 aromatic carbocycles. The summed E-state index contributed by atoms with van der Waals surface area (Å²) in [4.78, 5) is 23.2. The van der Waals surface area contributed by atoms with Crippen LogP contribution in [0.15, 0.2) is 30.6 Å². The van der Waals surface area contributed by atoms with Crippen molar-refractivity contribution < 1.29 is 9.59 Å². The molecule has 1 saturated heterocycles. The molecule has 2 aromatic rings. The molecule has 7 heteroatoms. The maximum absolute atomic E-state index is 11.6. The third kappa shape index (κ3) is 2.18. The van der Waals surface area contributed by atoms with E-state index in [1.807, 2.05) is 31.2 Å². The first kappa shape index (κ1) is 12.5. The molecule has 20 heavy (non-hydrogen) atoms. The van der Waals surface area contributed by atoms with E-state index in [0.717, 1.165) is 11.3 Å². The van der Waals surface area contributed by atoms with Gasteiger partial charge in [0.1, 0.15) is 6.33 Å². The van der Waals surface area contributed by atoms with E-state index < -0.39 is 5.41 Å². The third-order valence-electron chi connectivity index (χ3n) is 3.54. The highest BCUT2D eigenvalue weighted by molar-refractivity contribution is 5.99. The van der Waals surface area contributed by atoms with Crippen molar-refractivity contribution in [3.8, 4) is 5.69 Å². The number of tetrazole rings is 1. The summed E-state index contributed by atoms with van der Waals surface area (Å²) in [5.41, 5.74) is 1.23. The number of nitrogens with zero attached hydrogens (tertiary/aromatic N) is 4. The summed E-state index contributed by atoms with van der Waals surface area (Å²) < 4.78 is 1.54. The van der Waals surface area contributed by atoms with Gasteiger partial charge in [-0.2, -0.15) is 0 Å². The Morgan fingerprint density at radius 2 is 2.00 bits per heavy atom. The highest BCUT2D eigenvalue weighted by Crippen LogP contribution is 2.34. The highest BCUT2D eigenvalue weighted by Gasteiger charge is 2.37. The van der Waals surface area contributed by atoms with Crippen LogP contribution in [0, 0.1) is 0 Å². The molecule has 2 heterocycles. The van der Waals surface area contributed by atoms with E-state index in [9.17, 15) is 9.59 Å². The highest BCUT2D eigenvalue weighted by atomic mass is 16.2. The van der Waals surface area contributed by atoms with Crippen LogP contribution in [0.1, 0.15) is 25.3 Å². The summed E-state index contributed by atoms with van der Waals surface area (Å²) in [6, 6.07) is 7.56. The SMILES string of the molecule is CC1(c2cccc(-n3cnnn3)c2)CC(=O)NC(=O)C1. The molecule has 1 aliphatic heterocycles. The lowest BCUT2D eigenvalue weighted by molar-refractivity contribution is -0.135. The Labute approximate surface area is 115 Å². The summed E-state index contributed by atoms with van der Waals surface area (Å²) >= 11 is 0. The first-order valence-corrected chi connectivity index (χ1v) is 6.23. The van der Waals surface area contributed by atoms with Crippen LogP contribution in [0.25, 0.3) is 5.69 Å². The summed E-state index contributed by atoms with van der Waals surface area (Å²) in [6.45, 7) is 1.92. The number of imide groups is 1. The van der Waals surface area contributed by atoms with Crippen LogP contribution < -0.4 is 5.32 Å². The summed E-state index contributed by atoms with van der Waals surface area (Å²) in [6.07, 6.45) is 2.08. The fraction of sp³-hybridized carbons (Fsp3) is 0.308. The molecule has 102 valence electrons. The molecule has 7 nitrogen and oxygen atoms in total. The molecule has 0 radical (unpaired) electrons. The fourth-order valence-electron chi connectivity index (χ4n) is 2.52. The topological polar surface area (TPSA) is 89.8 Å². The molecule has 0 aliphatic carbocycles. The lowest BCUT2D eigenvalue weighted by Crippen LogP contribution is -2.45. The van der Waals surface area contributed by atoms with Gasteiger partial charge in [0.15, 0.2) is 0 Å². The van der Waals surface area contributed by atoms with E-state index in [4.69, 9.17) is 0 Å². The molecule has 0 bridgehead atoms. The molecule has 1 N–H and O–H groups in total. The Bertz CT molecular complexity index is 649. The Morgan fingerprint density at radius 1 is 1.25 bits per heavy atom. The lowest BCUT2D eigenvalue weighted by atomic mass is 9.74. The molecule has 0 saturated carbocycles. The van der Waals surface area contributed by atoms with E-state index in [-0.39, 0.29) is 24.7 Å². The number of rotatable bonds is 2. The normalized spacial score (nSPS) is 17.9. The van der Waals surface area contributed by atoms with Crippen molar-refractivity contribution in [3.63, 3.8) is 0 Å². The average molecular weight is 271 g/mol. The maximum Gasteiger partial charge on any atom is 0.227 e. The standard InChI is InChI=1S/C13H13N5O2/c1-13(6-11(19)15-12(20)7-13)9-3-2-4-10(5-9)18-8-14-16-17-18/h2-5,8H,6-7H2,1H3,(H,15,19,20). The van der Waals surface area contributed by atoms with Gasteiger partial charge in [0, 0.05) is 18.3 Å². The first-order valence-electron chi connectivity index (χ1n) is 6.23. The zero-order valence-electron chi connectivity index (χ0n) is 10.9. The van der Waals surface area contributed by atoms with Crippen molar-refractivity contribution in [2.45, 2.75) is 25.2 Å². The molecule has 1 fully saturated rings. The minimum Gasteiger partial charge on any atom is -0.296 e. The van der Waals surface area contributed by atoms with E-state index in [0.29, 0.717) is 0 Å². The largest absolute Gasteiger partial charge is 0.296 e. The molecular weight excluding hydrogens is 258 g/mol. The van der Waals surface area contributed by atoms with Gasteiger partial charge in [0.05, 0.1) is 5.69 Å². The number of carbonyl (C=O) groups is 2. The maximum atomic E-state index is 11.6. The van der Waals surface area contributed by atoms with Crippen LogP contribution in [-0.4, -0.2) is 32.0 Å². The molecular formula is C13H13N5O2. The Hall–Kier alpha value is -2.57. The summed E-state index contributed by atoms with van der Waals surface area (Å²) in [5.74, 6) is -0.479. The second-order valence-electron chi connectivity index (χ2n) is 5.19. The van der Waals surface area contributed by atoms with Crippen molar-refractivity contribution >= 4 is 11.8 Å². The number of carbonyl (C=O) groups excluding carboxylic acids is 2. The van der Waals surface area contributed by atoms with Gasteiger partial charge >= 0.3 is 0 Å². The fourth-order valence-corrected chi connectivity index (χ4v) is 2.52. The van der Waals surface area contributed by atoms with Crippen molar-refractivity contribution in [3.05, 3.63) is 36.2 Å². The van der Waals surface area contributed by atoms with Gasteiger partial charge in [-0.25, -0.2) is 4.68 Å². The Kier molecular flexibility index (Phi) is 2.81. The van der Waals surface area contributed by atoms with Gasteiger partial charge in [0.25, 0.3) is 0 Å². The number of aromatic nitrogens is 4. The van der Waals surface area contributed by atoms with E-state index in [1.54, 1.807) is 0 Å². The number of benzene rings is 1. The quantitative estimate of drug-likeness (QED) is 0.796. The minimum atomic E-state index is -0.497. The predicted octanol–water partition coefficient (Wildman–Crippen LogP) is 0.357. The van der Waals surface area contributed by atoms with Crippen LogP contribution >= 0.6 is 0 Å². The number of piperidine rings is 1. The second-order valence-corrected chi connectivity index (χ2v) is 5.19. The second kappa shape index (κ2) is 4.52. The van der Waals surface area contributed by atoms with Crippen molar-refractivity contribution in [1.82, 2.24) is 25.5 Å². The number of hydrogen-bond donors (Lipinski definition) is 1. The van der Waals surface area contributed by atoms with Gasteiger partial charge in [-0.15, -0.1) is 5.10 Å². The van der Waals surface area contributed by atoms with Crippen molar-refractivity contribution in [2.75, 3.05) is 0 Å². The Balaban J connectivity index is 1.99. The number of nitrogens with one attached hydrogen (secondary N) is 1. The van der Waals surface area contributed by atoms with Crippen molar-refractivity contribution in [1.29, 1.82) is 0 Å². The van der Waals surface area contributed by atoms with E-state index in [2.05, 4.69) is 20.8 Å². The molecule has 0 unspecified atom stereocenters. The monoisotopic (exact) mass is 271 g/mol. The lowest BCUT2D eigenvalue weighted by Gasteiger charge is -2.32. The van der Waals surface area contributed by atoms with Crippen LogP contribution in [0.3, 0.4) is 0 Å². The van der Waals surface area contributed by atoms with Crippen LogP contribution in [-0.2, 0) is 15.0 Å². The van der Waals surface area contributed by atoms with Crippen molar-refractivity contribution in [2.24, 2.45) is 0 Å². The molecule has 1 aliphatic rings.